The summed E-state index contributed by atoms with van der Waals surface area (Å²) < 4.78 is 33.1. The van der Waals surface area contributed by atoms with Crippen LogP contribution in [0.2, 0.25) is 0 Å². The maximum absolute atomic E-state index is 13.6. The van der Waals surface area contributed by atoms with Gasteiger partial charge >= 0.3 is 0 Å². The Kier molecular flexibility index (Phi) is 10.3. The van der Waals surface area contributed by atoms with E-state index < -0.39 is 28.5 Å². The first-order valence-corrected chi connectivity index (χ1v) is 14.3. The number of sulfonamides is 1. The highest BCUT2D eigenvalue weighted by Gasteiger charge is 2.31. The molecule has 0 bridgehead atoms. The SMILES string of the molecule is CCCCNC(=O)[C@H](CC)N(Cc1cccc(OC)c1)C(=O)CN(C)S(=O)(=O)c1ccc2ccccc2c1. The largest absolute Gasteiger partial charge is 0.497 e. The first kappa shape index (κ1) is 29.1. The van der Waals surface area contributed by atoms with Gasteiger partial charge in [0.15, 0.2) is 0 Å². The summed E-state index contributed by atoms with van der Waals surface area (Å²) in [6, 6.07) is 18.9. The van der Waals surface area contributed by atoms with Gasteiger partial charge in [-0.3, -0.25) is 9.59 Å². The van der Waals surface area contributed by atoms with Crippen molar-refractivity contribution >= 4 is 32.6 Å². The third kappa shape index (κ3) is 7.11. The summed E-state index contributed by atoms with van der Waals surface area (Å²) in [6.07, 6.45) is 2.15. The minimum atomic E-state index is -3.95. The molecular weight excluding hydrogens is 502 g/mol. The molecule has 0 fully saturated rings. The molecule has 2 amide bonds. The molecule has 3 aromatic carbocycles. The van der Waals surface area contributed by atoms with Crippen LogP contribution in [0.3, 0.4) is 0 Å². The molecule has 1 atom stereocenters. The molecule has 38 heavy (non-hydrogen) atoms. The summed E-state index contributed by atoms with van der Waals surface area (Å²) in [4.78, 5) is 28.3. The van der Waals surface area contributed by atoms with Gasteiger partial charge in [-0.2, -0.15) is 4.31 Å². The molecule has 0 heterocycles. The van der Waals surface area contributed by atoms with E-state index in [-0.39, 0.29) is 17.3 Å². The number of fused-ring (bicyclic) bond motifs is 1. The van der Waals surface area contributed by atoms with E-state index in [0.717, 1.165) is 33.5 Å². The Bertz CT molecular complexity index is 1360. The Hall–Kier alpha value is -3.43. The molecule has 0 unspecified atom stereocenters. The quantitative estimate of drug-likeness (QED) is 0.329. The van der Waals surface area contributed by atoms with Gasteiger partial charge in [-0.05, 0) is 53.4 Å². The van der Waals surface area contributed by atoms with Gasteiger partial charge in [0.05, 0.1) is 18.6 Å². The van der Waals surface area contributed by atoms with Crippen molar-refractivity contribution in [2.24, 2.45) is 0 Å². The molecule has 0 saturated heterocycles. The summed E-state index contributed by atoms with van der Waals surface area (Å²) in [6.45, 7) is 4.13. The second kappa shape index (κ2) is 13.4. The number of ether oxygens (including phenoxy) is 1. The number of carbonyl (C=O) groups excluding carboxylic acids is 2. The van der Waals surface area contributed by atoms with E-state index in [0.29, 0.717) is 18.7 Å². The molecule has 0 aliphatic carbocycles. The zero-order valence-corrected chi connectivity index (χ0v) is 23.3. The predicted octanol–water partition coefficient (Wildman–Crippen LogP) is 4.19. The molecule has 0 aliphatic heterocycles. The lowest BCUT2D eigenvalue weighted by Gasteiger charge is -2.32. The summed E-state index contributed by atoms with van der Waals surface area (Å²) in [5, 5.41) is 4.64. The highest BCUT2D eigenvalue weighted by molar-refractivity contribution is 7.89. The topological polar surface area (TPSA) is 96.0 Å². The second-order valence-corrected chi connectivity index (χ2v) is 11.3. The molecular formula is C29H37N3O5S. The Balaban J connectivity index is 1.87. The van der Waals surface area contributed by atoms with Gasteiger partial charge in [-0.15, -0.1) is 0 Å². The number of carbonyl (C=O) groups is 2. The van der Waals surface area contributed by atoms with E-state index >= 15 is 0 Å². The summed E-state index contributed by atoms with van der Waals surface area (Å²) in [7, 11) is -1.00. The van der Waals surface area contributed by atoms with Crippen molar-refractivity contribution in [2.45, 2.75) is 50.6 Å². The number of amides is 2. The highest BCUT2D eigenvalue weighted by atomic mass is 32.2. The van der Waals surface area contributed by atoms with Crippen LogP contribution in [0.5, 0.6) is 5.75 Å². The van der Waals surface area contributed by atoms with Crippen LogP contribution in [0.4, 0.5) is 0 Å². The van der Waals surface area contributed by atoms with Crippen LogP contribution >= 0.6 is 0 Å². The number of likely N-dealkylation sites (N-methyl/N-ethyl adjacent to an activating group) is 1. The predicted molar refractivity (Wildman–Crippen MR) is 149 cm³/mol. The summed E-state index contributed by atoms with van der Waals surface area (Å²) in [5.41, 5.74) is 0.776. The second-order valence-electron chi connectivity index (χ2n) is 9.21. The number of rotatable bonds is 13. The third-order valence-electron chi connectivity index (χ3n) is 6.49. The molecule has 3 rings (SSSR count). The lowest BCUT2D eigenvalue weighted by molar-refractivity contribution is -0.141. The van der Waals surface area contributed by atoms with E-state index in [2.05, 4.69) is 5.32 Å². The standard InChI is InChI=1S/C29H37N3O5S/c1-5-7-17-30-29(34)27(6-2)32(20-22-11-10-14-25(18-22)37-4)28(33)21-31(3)38(35,36)26-16-15-23-12-8-9-13-24(23)19-26/h8-16,18-19,27H,5-7,17,20-21H2,1-4H3,(H,30,34)/t27-/m0/s1. The first-order valence-electron chi connectivity index (χ1n) is 12.9. The average molecular weight is 540 g/mol. The molecule has 0 aliphatic rings. The fourth-order valence-corrected chi connectivity index (χ4v) is 5.42. The lowest BCUT2D eigenvalue weighted by Crippen LogP contribution is -2.51. The third-order valence-corrected chi connectivity index (χ3v) is 8.29. The average Bonchev–Trinajstić information content (AvgIpc) is 2.92. The first-order chi connectivity index (χ1) is 18.2. The minimum absolute atomic E-state index is 0.107. The van der Waals surface area contributed by atoms with Gasteiger partial charge in [-0.25, -0.2) is 8.42 Å². The Labute approximate surface area is 225 Å². The normalized spacial score (nSPS) is 12.3. The van der Waals surface area contributed by atoms with E-state index in [4.69, 9.17) is 4.74 Å². The fraction of sp³-hybridized carbons (Fsp3) is 0.379. The van der Waals surface area contributed by atoms with Crippen molar-refractivity contribution in [2.75, 3.05) is 27.2 Å². The number of unbranched alkanes of at least 4 members (excludes halogenated alkanes) is 1. The molecule has 8 nitrogen and oxygen atoms in total. The smallest absolute Gasteiger partial charge is 0.243 e. The summed E-state index contributed by atoms with van der Waals surface area (Å²) >= 11 is 0. The maximum Gasteiger partial charge on any atom is 0.243 e. The molecule has 0 aromatic heterocycles. The van der Waals surface area contributed by atoms with Crippen LogP contribution in [0, 0.1) is 0 Å². The van der Waals surface area contributed by atoms with Crippen molar-refractivity contribution in [3.63, 3.8) is 0 Å². The zero-order valence-electron chi connectivity index (χ0n) is 22.5. The van der Waals surface area contributed by atoms with Gasteiger partial charge in [0.2, 0.25) is 21.8 Å². The van der Waals surface area contributed by atoms with Crippen molar-refractivity contribution in [1.82, 2.24) is 14.5 Å². The van der Waals surface area contributed by atoms with Crippen LogP contribution in [-0.4, -0.2) is 62.7 Å². The maximum atomic E-state index is 13.6. The molecule has 1 N–H and O–H groups in total. The van der Waals surface area contributed by atoms with Crippen LogP contribution in [0.1, 0.15) is 38.7 Å². The van der Waals surface area contributed by atoms with Gasteiger partial charge < -0.3 is 15.0 Å². The van der Waals surface area contributed by atoms with Crippen LogP contribution < -0.4 is 10.1 Å². The lowest BCUT2D eigenvalue weighted by atomic mass is 10.1. The Morgan fingerprint density at radius 3 is 2.39 bits per heavy atom. The van der Waals surface area contributed by atoms with Crippen LogP contribution in [0.25, 0.3) is 10.8 Å². The van der Waals surface area contributed by atoms with Crippen molar-refractivity contribution in [3.8, 4) is 5.75 Å². The van der Waals surface area contributed by atoms with Crippen LogP contribution in [-0.2, 0) is 26.2 Å². The van der Waals surface area contributed by atoms with Gasteiger partial charge in [-0.1, -0.05) is 62.7 Å². The number of nitrogens with one attached hydrogen (secondary N) is 1. The van der Waals surface area contributed by atoms with Crippen LogP contribution in [0.15, 0.2) is 71.6 Å². The molecule has 0 saturated carbocycles. The number of hydrogen-bond donors (Lipinski definition) is 1. The number of methoxy groups -OCH3 is 1. The van der Waals surface area contributed by atoms with Crippen molar-refractivity contribution in [1.29, 1.82) is 0 Å². The van der Waals surface area contributed by atoms with E-state index in [1.807, 2.05) is 50.2 Å². The number of nitrogens with zero attached hydrogens (tertiary/aromatic N) is 2. The molecule has 0 radical (unpaired) electrons. The van der Waals surface area contributed by atoms with E-state index in [9.17, 15) is 18.0 Å². The van der Waals surface area contributed by atoms with Gasteiger partial charge in [0.1, 0.15) is 11.8 Å². The van der Waals surface area contributed by atoms with Crippen molar-refractivity contribution in [3.05, 3.63) is 72.3 Å². The number of hydrogen-bond acceptors (Lipinski definition) is 5. The zero-order chi connectivity index (χ0) is 27.7. The number of benzene rings is 3. The monoisotopic (exact) mass is 539 g/mol. The van der Waals surface area contributed by atoms with E-state index in [1.54, 1.807) is 37.4 Å². The van der Waals surface area contributed by atoms with E-state index in [1.165, 1.54) is 11.9 Å². The highest BCUT2D eigenvalue weighted by Crippen LogP contribution is 2.22. The molecule has 9 heteroatoms. The van der Waals surface area contributed by atoms with Crippen molar-refractivity contribution < 1.29 is 22.7 Å². The molecule has 0 spiro atoms. The summed E-state index contributed by atoms with van der Waals surface area (Å²) in [5.74, 6) is -0.0826. The molecule has 204 valence electrons. The fourth-order valence-electron chi connectivity index (χ4n) is 4.27. The van der Waals surface area contributed by atoms with Gasteiger partial charge in [0, 0.05) is 20.1 Å². The molecule has 3 aromatic rings. The Morgan fingerprint density at radius 2 is 1.71 bits per heavy atom. The minimum Gasteiger partial charge on any atom is -0.497 e. The van der Waals surface area contributed by atoms with Gasteiger partial charge in [0.25, 0.3) is 0 Å². The Morgan fingerprint density at radius 1 is 0.974 bits per heavy atom.